The van der Waals surface area contributed by atoms with Crippen molar-refractivity contribution in [2.75, 3.05) is 0 Å². The first-order valence-corrected chi connectivity index (χ1v) is 2.91. The third-order valence-electron chi connectivity index (χ3n) is 1.22. The van der Waals surface area contributed by atoms with Crippen LogP contribution in [0.4, 0.5) is 5.69 Å². The number of non-ortho nitro benzene ring substituents is 1. The zero-order valence-electron chi connectivity index (χ0n) is 5.57. The number of rotatable bonds is 2. The molecular weight excluding hydrogens is 144 g/mol. The second-order valence-electron chi connectivity index (χ2n) is 1.93. The molecule has 0 heterocycles. The van der Waals surface area contributed by atoms with Crippen LogP contribution in [0.3, 0.4) is 0 Å². The van der Waals surface area contributed by atoms with E-state index >= 15 is 0 Å². The molecule has 1 aromatic carbocycles. The number of nitro groups is 1. The van der Waals surface area contributed by atoms with Crippen molar-refractivity contribution in [2.24, 2.45) is 0 Å². The quantitative estimate of drug-likeness (QED) is 0.299. The molecule has 1 N–H and O–H groups in total. The summed E-state index contributed by atoms with van der Waals surface area (Å²) < 4.78 is 0. The summed E-state index contributed by atoms with van der Waals surface area (Å²) in [7, 11) is 0. The lowest BCUT2D eigenvalue weighted by atomic mass is 10.2. The van der Waals surface area contributed by atoms with Crippen LogP contribution in [0.1, 0.15) is 5.56 Å². The van der Waals surface area contributed by atoms with Gasteiger partial charge in [0, 0.05) is 0 Å². The van der Waals surface area contributed by atoms with Crippen molar-refractivity contribution in [2.45, 2.75) is 0 Å². The van der Waals surface area contributed by atoms with Crippen LogP contribution in [0.15, 0.2) is 24.3 Å². The van der Waals surface area contributed by atoms with Gasteiger partial charge in [0.25, 0.3) is 0 Å². The van der Waals surface area contributed by atoms with Gasteiger partial charge in [-0.25, -0.2) is 0 Å². The van der Waals surface area contributed by atoms with Crippen molar-refractivity contribution in [3.63, 3.8) is 0 Å². The predicted molar refractivity (Wildman–Crippen MR) is 39.9 cm³/mol. The van der Waals surface area contributed by atoms with Gasteiger partial charge in [-0.2, -0.15) is 17.7 Å². The average molecular weight is 149 g/mol. The van der Waals surface area contributed by atoms with E-state index in [1.807, 2.05) is 0 Å². The van der Waals surface area contributed by atoms with Crippen LogP contribution in [0, 0.1) is 15.5 Å². The van der Waals surface area contributed by atoms with Crippen LogP contribution in [-0.2, 0) is 0 Å². The molecule has 0 radical (unpaired) electrons. The van der Waals surface area contributed by atoms with Crippen molar-refractivity contribution >= 4 is 11.9 Å². The molecule has 0 fully saturated rings. The monoisotopic (exact) mass is 149 g/mol. The Morgan fingerprint density at radius 1 is 1.36 bits per heavy atom. The van der Waals surface area contributed by atoms with E-state index in [-0.39, 0.29) is 5.69 Å². The number of benzene rings is 1. The Balaban J connectivity index is 3.00. The molecule has 4 heteroatoms. The summed E-state index contributed by atoms with van der Waals surface area (Å²) in [6.07, 6.45) is 2.12. The third kappa shape index (κ3) is 1.61. The van der Waals surface area contributed by atoms with Gasteiger partial charge in [0.2, 0.25) is 5.69 Å². The second-order valence-corrected chi connectivity index (χ2v) is 1.93. The maximum absolute atomic E-state index is 10.1. The van der Waals surface area contributed by atoms with E-state index in [1.165, 1.54) is 24.3 Å². The molecule has 0 spiro atoms. The average Bonchev–Trinajstić information content (AvgIpc) is 2.05. The molecule has 11 heavy (non-hydrogen) atoms. The van der Waals surface area contributed by atoms with E-state index < -0.39 is 4.92 Å². The molecule has 0 bridgehead atoms. The SMILES string of the molecule is N=[C-]c1ccc([N+](=O)[O-])cc1. The topological polar surface area (TPSA) is 67.0 Å². The molecule has 0 saturated carbocycles. The molecule has 0 unspecified atom stereocenters. The van der Waals surface area contributed by atoms with Gasteiger partial charge >= 0.3 is 0 Å². The Labute approximate surface area is 63.1 Å². The van der Waals surface area contributed by atoms with Crippen molar-refractivity contribution in [3.05, 3.63) is 39.9 Å². The Hall–Kier alpha value is -1.71. The minimum atomic E-state index is -0.478. The van der Waals surface area contributed by atoms with E-state index in [4.69, 9.17) is 5.41 Å². The summed E-state index contributed by atoms with van der Waals surface area (Å²) in [6, 6.07) is 5.64. The highest BCUT2D eigenvalue weighted by Crippen LogP contribution is 2.09. The van der Waals surface area contributed by atoms with Crippen LogP contribution in [0.5, 0.6) is 0 Å². The normalized spacial score (nSPS) is 9.09. The molecular formula is C7H5N2O2-. The van der Waals surface area contributed by atoms with E-state index in [2.05, 4.69) is 6.21 Å². The van der Waals surface area contributed by atoms with Crippen LogP contribution in [0.25, 0.3) is 0 Å². The molecule has 0 saturated heterocycles. The maximum Gasteiger partial charge on any atom is 0.245 e. The van der Waals surface area contributed by atoms with Gasteiger partial charge < -0.3 is 5.41 Å². The number of hydrogen-bond donors (Lipinski definition) is 1. The number of nitrogens with zero attached hydrogens (tertiary/aromatic N) is 1. The molecule has 0 aliphatic heterocycles. The van der Waals surface area contributed by atoms with E-state index in [1.54, 1.807) is 0 Å². The fourth-order valence-electron chi connectivity index (χ4n) is 0.666. The van der Waals surface area contributed by atoms with Gasteiger partial charge in [-0.15, -0.1) is 0 Å². The predicted octanol–water partition coefficient (Wildman–Crippen LogP) is 1.47. The van der Waals surface area contributed by atoms with E-state index in [0.717, 1.165) is 0 Å². The standard InChI is InChI=1S/C7H5N2O2/c8-5-6-1-3-7(4-2-6)9(10)11/h1-4,8H/q-1. The van der Waals surface area contributed by atoms with Gasteiger partial charge in [-0.05, 0) is 12.1 Å². The van der Waals surface area contributed by atoms with Crippen LogP contribution < -0.4 is 0 Å². The first kappa shape index (κ1) is 7.40. The molecule has 0 aromatic heterocycles. The van der Waals surface area contributed by atoms with Crippen molar-refractivity contribution in [3.8, 4) is 0 Å². The van der Waals surface area contributed by atoms with Gasteiger partial charge in [0.05, 0.1) is 4.92 Å². The zero-order valence-corrected chi connectivity index (χ0v) is 5.57. The fraction of sp³-hybridized carbons (Fsp3) is 0. The lowest BCUT2D eigenvalue weighted by molar-refractivity contribution is -0.384. The van der Waals surface area contributed by atoms with Gasteiger partial charge in [-0.3, -0.25) is 10.1 Å². The number of nitro benzene ring substituents is 1. The largest absolute Gasteiger partial charge is 0.376 e. The van der Waals surface area contributed by atoms with Crippen LogP contribution in [-0.4, -0.2) is 11.1 Å². The van der Waals surface area contributed by atoms with Crippen LogP contribution >= 0.6 is 0 Å². The van der Waals surface area contributed by atoms with Crippen molar-refractivity contribution < 1.29 is 4.92 Å². The second kappa shape index (κ2) is 2.92. The van der Waals surface area contributed by atoms with Crippen molar-refractivity contribution in [1.82, 2.24) is 0 Å². The summed E-state index contributed by atoms with van der Waals surface area (Å²) in [5.41, 5.74) is 0.569. The Morgan fingerprint density at radius 2 is 1.91 bits per heavy atom. The highest BCUT2D eigenvalue weighted by molar-refractivity contribution is 5.77. The zero-order chi connectivity index (χ0) is 8.27. The molecule has 56 valence electrons. The van der Waals surface area contributed by atoms with Crippen molar-refractivity contribution in [1.29, 1.82) is 5.41 Å². The molecule has 1 aromatic rings. The molecule has 4 nitrogen and oxygen atoms in total. The lowest BCUT2D eigenvalue weighted by Crippen LogP contribution is -1.87. The number of nitrogens with one attached hydrogen (secondary N) is 1. The van der Waals surface area contributed by atoms with Gasteiger partial charge in [0.1, 0.15) is 0 Å². The summed E-state index contributed by atoms with van der Waals surface area (Å²) in [4.78, 5) is 9.66. The molecule has 1 rings (SSSR count). The first-order valence-electron chi connectivity index (χ1n) is 2.91. The highest BCUT2D eigenvalue weighted by atomic mass is 16.6. The molecule has 0 aliphatic rings. The first-order chi connectivity index (χ1) is 5.24. The van der Waals surface area contributed by atoms with E-state index in [9.17, 15) is 10.1 Å². The van der Waals surface area contributed by atoms with E-state index in [0.29, 0.717) is 5.56 Å². The van der Waals surface area contributed by atoms with Gasteiger partial charge in [0.15, 0.2) is 0 Å². The Bertz CT molecular complexity index is 279. The third-order valence-corrected chi connectivity index (χ3v) is 1.22. The lowest BCUT2D eigenvalue weighted by Gasteiger charge is -1.98. The molecule has 0 amide bonds. The Kier molecular flexibility index (Phi) is 1.96. The maximum atomic E-state index is 10.1. The van der Waals surface area contributed by atoms with Gasteiger partial charge in [-0.1, -0.05) is 6.21 Å². The Morgan fingerprint density at radius 3 is 2.27 bits per heavy atom. The minimum Gasteiger partial charge on any atom is -0.376 e. The summed E-state index contributed by atoms with van der Waals surface area (Å²) in [6.45, 7) is 0. The minimum absolute atomic E-state index is 0.0315. The summed E-state index contributed by atoms with van der Waals surface area (Å²) >= 11 is 0. The highest BCUT2D eigenvalue weighted by Gasteiger charge is 1.97. The summed E-state index contributed by atoms with van der Waals surface area (Å²) in [5.74, 6) is 0. The smallest absolute Gasteiger partial charge is 0.245 e. The molecule has 0 atom stereocenters. The van der Waals surface area contributed by atoms with Crippen LogP contribution in [0.2, 0.25) is 0 Å². The molecule has 0 aliphatic carbocycles. The fourth-order valence-corrected chi connectivity index (χ4v) is 0.666. The summed E-state index contributed by atoms with van der Waals surface area (Å²) in [5, 5.41) is 16.8. The number of hydrogen-bond acceptors (Lipinski definition) is 3.